The fraction of sp³-hybridized carbons (Fsp3) is 0.750. The lowest BCUT2D eigenvalue weighted by Gasteiger charge is -2.03. The summed E-state index contributed by atoms with van der Waals surface area (Å²) in [6.45, 7) is 7.08. The second kappa shape index (κ2) is 8.49. The van der Waals surface area contributed by atoms with E-state index in [-0.39, 0.29) is 5.97 Å². The Labute approximate surface area is 72.8 Å². The molecule has 0 heterocycles. The summed E-state index contributed by atoms with van der Waals surface area (Å²) in [5, 5.41) is 0. The highest BCUT2D eigenvalue weighted by atomic mass is 16.6. The van der Waals surface area contributed by atoms with Crippen molar-refractivity contribution in [1.29, 1.82) is 0 Å². The molecule has 71 valence electrons. The Morgan fingerprint density at radius 1 is 1.17 bits per heavy atom. The molecule has 0 aliphatic carbocycles. The number of ether oxygens (including phenoxy) is 3. The van der Waals surface area contributed by atoms with Crippen LogP contribution < -0.4 is 0 Å². The Bertz CT molecular complexity index is 114. The van der Waals surface area contributed by atoms with Gasteiger partial charge < -0.3 is 14.2 Å². The lowest BCUT2D eigenvalue weighted by atomic mass is 10.7. The summed E-state index contributed by atoms with van der Waals surface area (Å²) in [6.07, 6.45) is 0. The molecule has 0 aromatic heterocycles. The third kappa shape index (κ3) is 9.39. The van der Waals surface area contributed by atoms with Crippen molar-refractivity contribution < 1.29 is 19.0 Å². The fourth-order valence-electron chi connectivity index (χ4n) is 0.566. The minimum absolute atomic E-state index is 0.285. The van der Waals surface area contributed by atoms with Gasteiger partial charge in [-0.05, 0) is 6.92 Å². The quantitative estimate of drug-likeness (QED) is 0.415. The molecule has 0 saturated heterocycles. The lowest BCUT2D eigenvalue weighted by molar-refractivity contribution is -0.142. The van der Waals surface area contributed by atoms with E-state index >= 15 is 0 Å². The summed E-state index contributed by atoms with van der Waals surface area (Å²) in [5.41, 5.74) is 0. The van der Waals surface area contributed by atoms with Crippen LogP contribution in [0, 0.1) is 6.92 Å². The molecule has 1 radical (unpaired) electrons. The minimum atomic E-state index is -0.285. The Hall–Kier alpha value is -0.610. The van der Waals surface area contributed by atoms with Crippen molar-refractivity contribution in [1.82, 2.24) is 0 Å². The molecular weight excluding hydrogens is 160 g/mol. The first kappa shape index (κ1) is 11.4. The van der Waals surface area contributed by atoms with Crippen molar-refractivity contribution in [3.05, 3.63) is 6.92 Å². The standard InChI is InChI=1S/C8H15O4/c1-3-10-4-5-11-6-7-12-8(2)9/h1,3-7H2,2H3. The third-order valence-corrected chi connectivity index (χ3v) is 1.05. The van der Waals surface area contributed by atoms with Crippen LogP contribution in [0.4, 0.5) is 0 Å². The molecule has 4 nitrogen and oxygen atoms in total. The topological polar surface area (TPSA) is 44.8 Å². The Morgan fingerprint density at radius 2 is 1.75 bits per heavy atom. The highest BCUT2D eigenvalue weighted by Gasteiger charge is 1.92. The lowest BCUT2D eigenvalue weighted by Crippen LogP contribution is -2.10. The van der Waals surface area contributed by atoms with Gasteiger partial charge in [-0.15, -0.1) is 0 Å². The van der Waals surface area contributed by atoms with Gasteiger partial charge in [0.15, 0.2) is 0 Å². The second-order valence-electron chi connectivity index (χ2n) is 2.06. The van der Waals surface area contributed by atoms with E-state index in [0.717, 1.165) is 0 Å². The van der Waals surface area contributed by atoms with Crippen molar-refractivity contribution in [2.45, 2.75) is 6.92 Å². The average molecular weight is 175 g/mol. The molecule has 0 rings (SSSR count). The van der Waals surface area contributed by atoms with Crippen LogP contribution in [0.15, 0.2) is 0 Å². The van der Waals surface area contributed by atoms with Gasteiger partial charge in [0.05, 0.1) is 19.8 Å². The molecule has 0 aromatic rings. The van der Waals surface area contributed by atoms with Gasteiger partial charge in [0.1, 0.15) is 6.61 Å². The first-order valence-electron chi connectivity index (χ1n) is 3.85. The van der Waals surface area contributed by atoms with Crippen LogP contribution in [-0.2, 0) is 19.0 Å². The predicted molar refractivity (Wildman–Crippen MR) is 43.6 cm³/mol. The molecule has 0 aromatic carbocycles. The van der Waals surface area contributed by atoms with Gasteiger partial charge in [-0.25, -0.2) is 0 Å². The highest BCUT2D eigenvalue weighted by Crippen LogP contribution is 1.80. The molecule has 0 N–H and O–H groups in total. The molecular formula is C8H15O4. The van der Waals surface area contributed by atoms with Crippen LogP contribution in [0.3, 0.4) is 0 Å². The van der Waals surface area contributed by atoms with Gasteiger partial charge in [0.2, 0.25) is 0 Å². The summed E-state index contributed by atoms with van der Waals surface area (Å²) in [7, 11) is 0. The molecule has 0 fully saturated rings. The zero-order chi connectivity index (χ0) is 9.23. The van der Waals surface area contributed by atoms with Crippen molar-refractivity contribution in [3.63, 3.8) is 0 Å². The van der Waals surface area contributed by atoms with E-state index in [1.165, 1.54) is 6.92 Å². The van der Waals surface area contributed by atoms with E-state index < -0.39 is 0 Å². The summed E-state index contributed by atoms with van der Waals surface area (Å²) < 4.78 is 14.6. The zero-order valence-corrected chi connectivity index (χ0v) is 7.38. The van der Waals surface area contributed by atoms with E-state index in [9.17, 15) is 4.79 Å². The monoisotopic (exact) mass is 175 g/mol. The van der Waals surface area contributed by atoms with E-state index in [2.05, 4.69) is 11.7 Å². The third-order valence-electron chi connectivity index (χ3n) is 1.05. The number of carbonyl (C=O) groups is 1. The number of esters is 1. The molecule has 0 amide bonds. The Morgan fingerprint density at radius 3 is 2.33 bits per heavy atom. The van der Waals surface area contributed by atoms with Crippen molar-refractivity contribution in [2.24, 2.45) is 0 Å². The maximum absolute atomic E-state index is 10.3. The van der Waals surface area contributed by atoms with Crippen LogP contribution >= 0.6 is 0 Å². The van der Waals surface area contributed by atoms with Crippen molar-refractivity contribution in [2.75, 3.05) is 33.0 Å². The van der Waals surface area contributed by atoms with E-state index in [1.54, 1.807) is 0 Å². The molecule has 12 heavy (non-hydrogen) atoms. The van der Waals surface area contributed by atoms with Crippen LogP contribution in [0.2, 0.25) is 0 Å². The van der Waals surface area contributed by atoms with Gasteiger partial charge in [-0.1, -0.05) is 0 Å². The average Bonchev–Trinajstić information content (AvgIpc) is 2.02. The molecule has 0 bridgehead atoms. The van der Waals surface area contributed by atoms with Crippen LogP contribution in [0.25, 0.3) is 0 Å². The first-order chi connectivity index (χ1) is 5.77. The van der Waals surface area contributed by atoms with E-state index in [1.807, 2.05) is 0 Å². The normalized spacial score (nSPS) is 9.83. The van der Waals surface area contributed by atoms with E-state index in [0.29, 0.717) is 33.0 Å². The van der Waals surface area contributed by atoms with E-state index in [4.69, 9.17) is 9.47 Å². The molecule has 0 unspecified atom stereocenters. The van der Waals surface area contributed by atoms with Crippen LogP contribution in [0.1, 0.15) is 6.92 Å². The van der Waals surface area contributed by atoms with Crippen LogP contribution in [0.5, 0.6) is 0 Å². The zero-order valence-electron chi connectivity index (χ0n) is 7.38. The second-order valence-corrected chi connectivity index (χ2v) is 2.06. The Kier molecular flexibility index (Phi) is 8.05. The first-order valence-corrected chi connectivity index (χ1v) is 3.85. The largest absolute Gasteiger partial charge is 0.463 e. The summed E-state index contributed by atoms with van der Waals surface area (Å²) in [5.74, 6) is -0.285. The van der Waals surface area contributed by atoms with Crippen LogP contribution in [-0.4, -0.2) is 39.0 Å². The van der Waals surface area contributed by atoms with Gasteiger partial charge in [0, 0.05) is 13.5 Å². The molecule has 0 aliphatic heterocycles. The molecule has 0 saturated carbocycles. The molecule has 0 aliphatic rings. The summed E-state index contributed by atoms with van der Waals surface area (Å²) in [6, 6.07) is 0. The maximum atomic E-state index is 10.3. The SMILES string of the molecule is [CH2]COCCOCCOC(C)=O. The number of hydrogen-bond acceptors (Lipinski definition) is 4. The Balaban J connectivity index is 2.86. The van der Waals surface area contributed by atoms with Gasteiger partial charge >= 0.3 is 5.97 Å². The molecule has 0 atom stereocenters. The van der Waals surface area contributed by atoms with Gasteiger partial charge in [-0.3, -0.25) is 4.79 Å². The fourth-order valence-corrected chi connectivity index (χ4v) is 0.566. The summed E-state index contributed by atoms with van der Waals surface area (Å²) in [4.78, 5) is 10.3. The van der Waals surface area contributed by atoms with Crippen molar-refractivity contribution in [3.8, 4) is 0 Å². The molecule has 0 spiro atoms. The number of carbonyl (C=O) groups excluding carboxylic acids is 1. The maximum Gasteiger partial charge on any atom is 0.302 e. The smallest absolute Gasteiger partial charge is 0.302 e. The predicted octanol–water partition coefficient (Wildman–Crippen LogP) is 0.417. The summed E-state index contributed by atoms with van der Waals surface area (Å²) >= 11 is 0. The van der Waals surface area contributed by atoms with Gasteiger partial charge in [0.25, 0.3) is 0 Å². The minimum Gasteiger partial charge on any atom is -0.463 e. The van der Waals surface area contributed by atoms with Gasteiger partial charge in [-0.2, -0.15) is 0 Å². The number of hydrogen-bond donors (Lipinski definition) is 0. The highest BCUT2D eigenvalue weighted by molar-refractivity contribution is 5.65. The number of rotatable bonds is 7. The van der Waals surface area contributed by atoms with Crippen molar-refractivity contribution >= 4 is 5.97 Å². The molecule has 4 heteroatoms.